The molecule has 0 spiro atoms. The number of hydrogen-bond donors (Lipinski definition) is 2. The maximum absolute atomic E-state index is 5.82. The zero-order valence-electron chi connectivity index (χ0n) is 14.8. The van der Waals surface area contributed by atoms with Crippen LogP contribution >= 0.6 is 0 Å². The third-order valence-corrected chi connectivity index (χ3v) is 3.57. The lowest BCUT2D eigenvalue weighted by atomic mass is 10.1. The first-order valence-corrected chi connectivity index (χ1v) is 8.60. The van der Waals surface area contributed by atoms with Gasteiger partial charge in [0.15, 0.2) is 11.5 Å². The van der Waals surface area contributed by atoms with Gasteiger partial charge in [0.2, 0.25) is 5.96 Å². The highest BCUT2D eigenvalue weighted by molar-refractivity contribution is 5.82. The maximum Gasteiger partial charge on any atom is 0.211 e. The lowest BCUT2D eigenvalue weighted by Crippen LogP contribution is -2.21. The number of unbranched alkanes of at least 4 members (excludes halogenated alkanes) is 6. The Bertz CT molecular complexity index is 526. The Labute approximate surface area is 144 Å². The van der Waals surface area contributed by atoms with Gasteiger partial charge >= 0.3 is 0 Å². The number of rotatable bonds is 12. The van der Waals surface area contributed by atoms with E-state index in [9.17, 15) is 0 Å². The predicted octanol–water partition coefficient (Wildman–Crippen LogP) is 3.43. The predicted molar refractivity (Wildman–Crippen MR) is 99.9 cm³/mol. The molecular weight excluding hydrogens is 304 g/mol. The first-order valence-electron chi connectivity index (χ1n) is 8.60. The van der Waals surface area contributed by atoms with Gasteiger partial charge in [-0.3, -0.25) is 0 Å². The second-order valence-electron chi connectivity index (χ2n) is 5.65. The minimum Gasteiger partial charge on any atom is -0.493 e. The molecule has 0 atom stereocenters. The zero-order chi connectivity index (χ0) is 17.6. The molecule has 0 radical (unpaired) electrons. The molecule has 6 nitrogen and oxygen atoms in total. The first-order chi connectivity index (χ1) is 11.7. The van der Waals surface area contributed by atoms with E-state index >= 15 is 0 Å². The third kappa shape index (κ3) is 8.41. The number of benzene rings is 1. The Morgan fingerprint density at radius 2 is 1.75 bits per heavy atom. The second-order valence-corrected chi connectivity index (χ2v) is 5.65. The fraction of sp³-hybridized carbons (Fsp3) is 0.556. The molecule has 0 aliphatic carbocycles. The van der Waals surface area contributed by atoms with E-state index in [0.29, 0.717) is 12.4 Å². The molecule has 4 N–H and O–H groups in total. The summed E-state index contributed by atoms with van der Waals surface area (Å²) in [5.74, 6) is 1.34. The quantitative estimate of drug-likeness (QED) is 0.265. The number of hydrogen-bond acceptors (Lipinski definition) is 4. The van der Waals surface area contributed by atoms with Crippen LogP contribution in [-0.4, -0.2) is 25.9 Å². The van der Waals surface area contributed by atoms with Crippen LogP contribution in [0.4, 0.5) is 0 Å². The molecule has 1 aromatic rings. The van der Waals surface area contributed by atoms with E-state index in [1.54, 1.807) is 13.3 Å². The summed E-state index contributed by atoms with van der Waals surface area (Å²) in [6.45, 7) is 2.94. The Morgan fingerprint density at radius 3 is 2.42 bits per heavy atom. The number of ether oxygens (including phenoxy) is 2. The van der Waals surface area contributed by atoms with Crippen molar-refractivity contribution in [1.82, 2.24) is 0 Å². The van der Waals surface area contributed by atoms with Crippen molar-refractivity contribution in [1.29, 1.82) is 0 Å². The topological polar surface area (TPSA) is 95.2 Å². The van der Waals surface area contributed by atoms with Gasteiger partial charge in [0.25, 0.3) is 0 Å². The van der Waals surface area contributed by atoms with Gasteiger partial charge in [0, 0.05) is 0 Å². The van der Waals surface area contributed by atoms with Crippen LogP contribution in [-0.2, 0) is 0 Å². The summed E-state index contributed by atoms with van der Waals surface area (Å²) in [7, 11) is 1.62. The molecule has 0 aliphatic rings. The molecule has 0 aromatic heterocycles. The summed E-state index contributed by atoms with van der Waals surface area (Å²) in [5, 5.41) is 7.34. The number of nitrogens with zero attached hydrogens (tertiary/aromatic N) is 2. The fourth-order valence-electron chi connectivity index (χ4n) is 2.29. The second kappa shape index (κ2) is 12.2. The third-order valence-electron chi connectivity index (χ3n) is 3.57. The maximum atomic E-state index is 5.82. The van der Waals surface area contributed by atoms with Crippen molar-refractivity contribution in [3.05, 3.63) is 23.8 Å². The smallest absolute Gasteiger partial charge is 0.211 e. The summed E-state index contributed by atoms with van der Waals surface area (Å²) in [5.41, 5.74) is 11.3. The molecule has 0 saturated heterocycles. The SMILES string of the molecule is CCCCCCCCCOc1ccc(/C=N\N=C(N)N)cc1OC. The molecule has 0 saturated carbocycles. The Balaban J connectivity index is 2.40. The van der Waals surface area contributed by atoms with Crippen molar-refractivity contribution in [2.45, 2.75) is 51.9 Å². The van der Waals surface area contributed by atoms with Crippen molar-refractivity contribution in [3.63, 3.8) is 0 Å². The monoisotopic (exact) mass is 334 g/mol. The van der Waals surface area contributed by atoms with Gasteiger partial charge in [-0.2, -0.15) is 5.10 Å². The van der Waals surface area contributed by atoms with Gasteiger partial charge in [0.1, 0.15) is 0 Å². The van der Waals surface area contributed by atoms with Crippen molar-refractivity contribution in [2.24, 2.45) is 21.7 Å². The van der Waals surface area contributed by atoms with Crippen molar-refractivity contribution in [2.75, 3.05) is 13.7 Å². The summed E-state index contributed by atoms with van der Waals surface area (Å²) in [6, 6.07) is 5.59. The molecule has 0 amide bonds. The molecule has 0 heterocycles. The van der Waals surface area contributed by atoms with E-state index in [0.717, 1.165) is 17.7 Å². The van der Waals surface area contributed by atoms with Crippen LogP contribution in [0.1, 0.15) is 57.4 Å². The molecule has 0 aliphatic heterocycles. The molecule has 0 bridgehead atoms. The Morgan fingerprint density at radius 1 is 1.04 bits per heavy atom. The largest absolute Gasteiger partial charge is 0.493 e. The van der Waals surface area contributed by atoms with Gasteiger partial charge in [-0.05, 0) is 30.2 Å². The summed E-state index contributed by atoms with van der Waals surface area (Å²) >= 11 is 0. The molecule has 1 aromatic carbocycles. The van der Waals surface area contributed by atoms with Crippen molar-refractivity contribution in [3.8, 4) is 11.5 Å². The van der Waals surface area contributed by atoms with Crippen LogP contribution in [0.25, 0.3) is 0 Å². The van der Waals surface area contributed by atoms with Gasteiger partial charge in [0.05, 0.1) is 19.9 Å². The van der Waals surface area contributed by atoms with Gasteiger partial charge in [-0.25, -0.2) is 0 Å². The van der Waals surface area contributed by atoms with E-state index in [1.165, 1.54) is 38.5 Å². The molecule has 6 heteroatoms. The minimum absolute atomic E-state index is 0.0761. The molecule has 0 fully saturated rings. The standard InChI is InChI=1S/C18H30N4O2/c1-3-4-5-6-7-8-9-12-24-16-11-10-15(13-17(16)23-2)14-21-22-18(19)20/h10-11,13-14H,3-9,12H2,1-2H3,(H4,19,20,22)/b21-14-. The van der Waals surface area contributed by atoms with Crippen LogP contribution in [0.3, 0.4) is 0 Å². The highest BCUT2D eigenvalue weighted by atomic mass is 16.5. The molecule has 0 unspecified atom stereocenters. The normalized spacial score (nSPS) is 10.8. The van der Waals surface area contributed by atoms with Crippen LogP contribution in [0.5, 0.6) is 11.5 Å². The Kier molecular flexibility index (Phi) is 10.1. The van der Waals surface area contributed by atoms with E-state index in [4.69, 9.17) is 20.9 Å². The number of guanidine groups is 1. The summed E-state index contributed by atoms with van der Waals surface area (Å²) in [4.78, 5) is 0. The van der Waals surface area contributed by atoms with Gasteiger partial charge in [-0.15, -0.1) is 5.10 Å². The highest BCUT2D eigenvalue weighted by Gasteiger charge is 2.05. The Hall–Kier alpha value is -2.24. The zero-order valence-corrected chi connectivity index (χ0v) is 14.8. The van der Waals surface area contributed by atoms with Gasteiger partial charge < -0.3 is 20.9 Å². The molecule has 1 rings (SSSR count). The summed E-state index contributed by atoms with van der Waals surface area (Å²) in [6.07, 6.45) is 10.4. The lowest BCUT2D eigenvalue weighted by Gasteiger charge is -2.11. The highest BCUT2D eigenvalue weighted by Crippen LogP contribution is 2.27. The minimum atomic E-state index is -0.0761. The van der Waals surface area contributed by atoms with Crippen LogP contribution in [0.2, 0.25) is 0 Å². The number of nitrogens with two attached hydrogens (primary N) is 2. The van der Waals surface area contributed by atoms with Crippen molar-refractivity contribution >= 4 is 12.2 Å². The summed E-state index contributed by atoms with van der Waals surface area (Å²) < 4.78 is 11.2. The average Bonchev–Trinajstić information content (AvgIpc) is 2.57. The first kappa shape index (κ1) is 19.8. The molecule has 24 heavy (non-hydrogen) atoms. The van der Waals surface area contributed by atoms with Crippen molar-refractivity contribution < 1.29 is 9.47 Å². The number of methoxy groups -OCH3 is 1. The van der Waals surface area contributed by atoms with Gasteiger partial charge in [-0.1, -0.05) is 45.4 Å². The van der Waals surface area contributed by atoms with Crippen LogP contribution in [0, 0.1) is 0 Å². The van der Waals surface area contributed by atoms with E-state index in [2.05, 4.69) is 17.1 Å². The fourth-order valence-corrected chi connectivity index (χ4v) is 2.29. The van der Waals surface area contributed by atoms with E-state index in [1.807, 2.05) is 18.2 Å². The molecular formula is C18H30N4O2. The lowest BCUT2D eigenvalue weighted by molar-refractivity contribution is 0.284. The average molecular weight is 334 g/mol. The van der Waals surface area contributed by atoms with Crippen LogP contribution < -0.4 is 20.9 Å². The van der Waals surface area contributed by atoms with E-state index < -0.39 is 0 Å². The molecule has 134 valence electrons. The van der Waals surface area contributed by atoms with Crippen LogP contribution in [0.15, 0.2) is 28.4 Å². The van der Waals surface area contributed by atoms with E-state index in [-0.39, 0.29) is 5.96 Å².